The molecule has 1 aliphatic rings. The van der Waals surface area contributed by atoms with Crippen molar-refractivity contribution < 1.29 is 27.8 Å². The summed E-state index contributed by atoms with van der Waals surface area (Å²) in [5.41, 5.74) is 1.83. The second-order valence-electron chi connectivity index (χ2n) is 8.05. The molecule has 1 aromatic carbocycles. The number of ether oxygens (including phenoxy) is 2. The van der Waals surface area contributed by atoms with Crippen molar-refractivity contribution in [1.29, 1.82) is 0 Å². The van der Waals surface area contributed by atoms with Gasteiger partial charge in [0, 0.05) is 42.3 Å². The molecule has 2 amide bonds. The Labute approximate surface area is 206 Å². The number of benzene rings is 1. The van der Waals surface area contributed by atoms with Crippen LogP contribution >= 0.6 is 0 Å². The number of urea groups is 1. The number of fused-ring (bicyclic) bond motifs is 1. The van der Waals surface area contributed by atoms with Crippen molar-refractivity contribution >= 4 is 23.2 Å². The zero-order chi connectivity index (χ0) is 25.8. The molecule has 4 rings (SSSR count). The van der Waals surface area contributed by atoms with E-state index in [0.29, 0.717) is 28.9 Å². The highest BCUT2D eigenvalue weighted by molar-refractivity contribution is 6.06. The number of carbonyl (C=O) groups excluding carboxylic acids is 2. The van der Waals surface area contributed by atoms with Crippen LogP contribution in [0.2, 0.25) is 0 Å². The molecule has 0 N–H and O–H groups in total. The lowest BCUT2D eigenvalue weighted by atomic mass is 10.1. The summed E-state index contributed by atoms with van der Waals surface area (Å²) in [6.45, 7) is 3.43. The van der Waals surface area contributed by atoms with Crippen molar-refractivity contribution in [2.24, 2.45) is 0 Å². The molecular formula is C26H24F2N4O4. The maximum atomic E-state index is 15.3. The van der Waals surface area contributed by atoms with Crippen LogP contribution in [0.15, 0.2) is 55.5 Å². The molecule has 0 radical (unpaired) electrons. The Morgan fingerprint density at radius 3 is 2.50 bits per heavy atom. The van der Waals surface area contributed by atoms with Gasteiger partial charge in [-0.2, -0.15) is 0 Å². The van der Waals surface area contributed by atoms with Gasteiger partial charge in [0.15, 0.2) is 28.9 Å². The molecule has 0 fully saturated rings. The third-order valence-corrected chi connectivity index (χ3v) is 5.84. The minimum Gasteiger partial charge on any atom is -0.493 e. The number of halogens is 2. The zero-order valence-electron chi connectivity index (χ0n) is 19.8. The van der Waals surface area contributed by atoms with Gasteiger partial charge in [0.1, 0.15) is 5.69 Å². The molecular weight excluding hydrogens is 470 g/mol. The lowest BCUT2D eigenvalue weighted by Gasteiger charge is -2.37. The second-order valence-corrected chi connectivity index (χ2v) is 8.05. The minimum absolute atomic E-state index is 0.0928. The third-order valence-electron chi connectivity index (χ3n) is 5.84. The van der Waals surface area contributed by atoms with Gasteiger partial charge in [-0.25, -0.2) is 13.6 Å². The molecule has 0 atom stereocenters. The second kappa shape index (κ2) is 10.5. The van der Waals surface area contributed by atoms with E-state index in [1.165, 1.54) is 25.2 Å². The van der Waals surface area contributed by atoms with Crippen molar-refractivity contribution in [3.63, 3.8) is 0 Å². The Kier molecular flexibility index (Phi) is 7.23. The summed E-state index contributed by atoms with van der Waals surface area (Å²) >= 11 is 0. The molecule has 0 aliphatic carbocycles. The number of hydrogen-bond donors (Lipinski definition) is 0. The lowest BCUT2D eigenvalue weighted by molar-refractivity contribution is -0.114. The zero-order valence-corrected chi connectivity index (χ0v) is 19.8. The number of hydrogen-bond acceptors (Lipinski definition) is 6. The molecule has 36 heavy (non-hydrogen) atoms. The Balaban J connectivity index is 1.81. The van der Waals surface area contributed by atoms with E-state index in [9.17, 15) is 9.59 Å². The number of carbonyl (C=O) groups is 2. The topological polar surface area (TPSA) is 84.9 Å². The smallest absolute Gasteiger partial charge is 0.329 e. The number of anilines is 2. The van der Waals surface area contributed by atoms with Gasteiger partial charge in [0.25, 0.3) is 0 Å². The molecule has 0 unspecified atom stereocenters. The first kappa shape index (κ1) is 24.8. The quantitative estimate of drug-likeness (QED) is 0.404. The number of aryl methyl sites for hydroxylation is 1. The Morgan fingerprint density at radius 2 is 1.89 bits per heavy atom. The van der Waals surface area contributed by atoms with Crippen molar-refractivity contribution in [3.05, 3.63) is 84.0 Å². The van der Waals surface area contributed by atoms with Crippen LogP contribution in [0.3, 0.4) is 0 Å². The average Bonchev–Trinajstić information content (AvgIpc) is 2.90. The predicted molar refractivity (Wildman–Crippen MR) is 129 cm³/mol. The monoisotopic (exact) mass is 494 g/mol. The number of pyridine rings is 2. The van der Waals surface area contributed by atoms with E-state index in [0.717, 1.165) is 11.0 Å². The normalized spacial score (nSPS) is 12.8. The van der Waals surface area contributed by atoms with Gasteiger partial charge in [0.05, 0.1) is 33.0 Å². The lowest BCUT2D eigenvalue weighted by Crippen LogP contribution is -2.47. The number of rotatable bonds is 9. The van der Waals surface area contributed by atoms with Gasteiger partial charge < -0.3 is 9.47 Å². The number of amides is 2. The third kappa shape index (κ3) is 4.74. The summed E-state index contributed by atoms with van der Waals surface area (Å²) in [4.78, 5) is 36.3. The van der Waals surface area contributed by atoms with Crippen LogP contribution in [0.25, 0.3) is 0 Å². The van der Waals surface area contributed by atoms with E-state index >= 15 is 8.78 Å². The summed E-state index contributed by atoms with van der Waals surface area (Å²) < 4.78 is 40.7. The van der Waals surface area contributed by atoms with Crippen LogP contribution in [0, 0.1) is 11.6 Å². The van der Waals surface area contributed by atoms with Gasteiger partial charge in [-0.3, -0.25) is 24.6 Å². The van der Waals surface area contributed by atoms with E-state index in [1.807, 2.05) is 0 Å². The SMILES string of the molecule is C=CC(=O)CCc1cc2c(cn1)CN(c1c(F)c(OC)cc(OC)c1F)C(=O)N2Cc1cccnc1. The number of aromatic nitrogens is 2. The molecule has 0 spiro atoms. The van der Waals surface area contributed by atoms with E-state index in [4.69, 9.17) is 9.47 Å². The van der Waals surface area contributed by atoms with E-state index < -0.39 is 23.4 Å². The van der Waals surface area contributed by atoms with Crippen molar-refractivity contribution in [2.75, 3.05) is 24.0 Å². The molecule has 1 aliphatic heterocycles. The van der Waals surface area contributed by atoms with Crippen LogP contribution in [0.4, 0.5) is 25.0 Å². The summed E-state index contributed by atoms with van der Waals surface area (Å²) in [7, 11) is 2.48. The van der Waals surface area contributed by atoms with Gasteiger partial charge in [0.2, 0.25) is 0 Å². The van der Waals surface area contributed by atoms with Crippen LogP contribution in [0.5, 0.6) is 11.5 Å². The average molecular weight is 494 g/mol. The molecule has 186 valence electrons. The fourth-order valence-corrected chi connectivity index (χ4v) is 3.98. The number of nitrogens with zero attached hydrogens (tertiary/aromatic N) is 4. The van der Waals surface area contributed by atoms with Crippen molar-refractivity contribution in [3.8, 4) is 11.5 Å². The van der Waals surface area contributed by atoms with Crippen LogP contribution in [-0.4, -0.2) is 36.0 Å². The summed E-state index contributed by atoms with van der Waals surface area (Å²) in [6, 6.07) is 5.67. The Bertz CT molecular complexity index is 1290. The highest BCUT2D eigenvalue weighted by atomic mass is 19.1. The molecule has 0 saturated carbocycles. The highest BCUT2D eigenvalue weighted by Gasteiger charge is 2.37. The summed E-state index contributed by atoms with van der Waals surface area (Å²) in [5, 5.41) is 0. The van der Waals surface area contributed by atoms with Crippen molar-refractivity contribution in [2.45, 2.75) is 25.9 Å². The molecule has 0 bridgehead atoms. The van der Waals surface area contributed by atoms with E-state index in [-0.39, 0.29) is 36.8 Å². The van der Waals surface area contributed by atoms with Crippen LogP contribution < -0.4 is 19.3 Å². The maximum Gasteiger partial charge on any atom is 0.329 e. The predicted octanol–water partition coefficient (Wildman–Crippen LogP) is 4.61. The molecule has 0 saturated heterocycles. The molecule has 10 heteroatoms. The fraction of sp³-hybridized carbons (Fsp3) is 0.231. The first-order valence-electron chi connectivity index (χ1n) is 11.1. The fourth-order valence-electron chi connectivity index (χ4n) is 3.98. The van der Waals surface area contributed by atoms with E-state index in [2.05, 4.69) is 16.5 Å². The summed E-state index contributed by atoms with van der Waals surface area (Å²) in [6.07, 6.45) is 6.58. The van der Waals surface area contributed by atoms with Gasteiger partial charge >= 0.3 is 6.03 Å². The minimum atomic E-state index is -1.03. The van der Waals surface area contributed by atoms with Crippen LogP contribution in [0.1, 0.15) is 23.2 Å². The maximum absolute atomic E-state index is 15.3. The highest BCUT2D eigenvalue weighted by Crippen LogP contribution is 2.41. The number of ketones is 1. The van der Waals surface area contributed by atoms with Gasteiger partial charge in [-0.1, -0.05) is 12.6 Å². The standard InChI is InChI=1S/C26H24F2N4O4/c1-4-19(33)8-7-18-10-20-17(13-30-18)15-32(26(34)31(20)14-16-6-5-9-29-12-16)25-23(27)21(35-2)11-22(36-3)24(25)28/h4-6,9-13H,1,7-8,14-15H2,2-3H3. The number of methoxy groups -OCH3 is 2. The molecule has 2 aromatic heterocycles. The summed E-state index contributed by atoms with van der Waals surface area (Å²) in [5.74, 6) is -2.70. The van der Waals surface area contributed by atoms with Gasteiger partial charge in [-0.15, -0.1) is 0 Å². The molecule has 3 heterocycles. The first-order chi connectivity index (χ1) is 17.4. The molecule has 3 aromatic rings. The number of allylic oxidation sites excluding steroid dienone is 1. The Morgan fingerprint density at radius 1 is 1.17 bits per heavy atom. The van der Waals surface area contributed by atoms with Crippen molar-refractivity contribution in [1.82, 2.24) is 9.97 Å². The van der Waals surface area contributed by atoms with E-state index in [1.54, 1.807) is 36.8 Å². The Hall–Kier alpha value is -4.34. The van der Waals surface area contributed by atoms with Crippen LogP contribution in [-0.2, 0) is 24.3 Å². The van der Waals surface area contributed by atoms with Gasteiger partial charge in [-0.05, 0) is 30.2 Å². The largest absolute Gasteiger partial charge is 0.493 e. The molecule has 8 nitrogen and oxygen atoms in total. The first-order valence-corrected chi connectivity index (χ1v) is 11.1.